The standard InChI is InChI=1S/C22H27ClN2O4/c1-14(13-28-2)29-22-18(15-7-9-17(23)10-8-15)11-16(12-24-22)21(27)25-19-5-3-4-6-20(19)26/h7-12,14,19-20,26H,3-6,13H2,1-2H3,(H,25,27)/t14?,19-,20-/m1/s1. The van der Waals surface area contributed by atoms with Gasteiger partial charge < -0.3 is 19.9 Å². The first-order valence-electron chi connectivity index (χ1n) is 9.88. The van der Waals surface area contributed by atoms with E-state index in [1.807, 2.05) is 19.1 Å². The Hall–Kier alpha value is -2.15. The number of ether oxygens (including phenoxy) is 2. The van der Waals surface area contributed by atoms with Gasteiger partial charge in [0.2, 0.25) is 5.88 Å². The van der Waals surface area contributed by atoms with Crippen LogP contribution in [0.25, 0.3) is 11.1 Å². The topological polar surface area (TPSA) is 80.7 Å². The van der Waals surface area contributed by atoms with Crippen molar-refractivity contribution in [1.29, 1.82) is 0 Å². The summed E-state index contributed by atoms with van der Waals surface area (Å²) < 4.78 is 11.1. The highest BCUT2D eigenvalue weighted by atomic mass is 35.5. The van der Waals surface area contributed by atoms with E-state index in [4.69, 9.17) is 21.1 Å². The molecule has 1 unspecified atom stereocenters. The van der Waals surface area contributed by atoms with Crippen LogP contribution in [-0.2, 0) is 4.74 Å². The van der Waals surface area contributed by atoms with Crippen LogP contribution in [-0.4, -0.2) is 48.0 Å². The average Bonchev–Trinajstić information content (AvgIpc) is 2.71. The maximum Gasteiger partial charge on any atom is 0.253 e. The minimum Gasteiger partial charge on any atom is -0.472 e. The highest BCUT2D eigenvalue weighted by molar-refractivity contribution is 6.30. The SMILES string of the molecule is COCC(C)Oc1ncc(C(=O)N[C@@H]2CCCC[C@H]2O)cc1-c1ccc(Cl)cc1. The molecular weight excluding hydrogens is 392 g/mol. The number of hydrogen-bond donors (Lipinski definition) is 2. The fourth-order valence-corrected chi connectivity index (χ4v) is 3.62. The smallest absolute Gasteiger partial charge is 0.253 e. The van der Waals surface area contributed by atoms with Gasteiger partial charge in [-0.2, -0.15) is 0 Å². The summed E-state index contributed by atoms with van der Waals surface area (Å²) in [5, 5.41) is 13.7. The van der Waals surface area contributed by atoms with Crippen molar-refractivity contribution in [3.63, 3.8) is 0 Å². The molecule has 7 heteroatoms. The van der Waals surface area contributed by atoms with Gasteiger partial charge in [0, 0.05) is 23.9 Å². The van der Waals surface area contributed by atoms with Gasteiger partial charge in [-0.15, -0.1) is 0 Å². The molecule has 29 heavy (non-hydrogen) atoms. The van der Waals surface area contributed by atoms with Gasteiger partial charge in [-0.3, -0.25) is 4.79 Å². The van der Waals surface area contributed by atoms with Crippen LogP contribution in [0.1, 0.15) is 43.0 Å². The number of pyridine rings is 1. The number of amides is 1. The number of aliphatic hydroxyl groups is 1. The van der Waals surface area contributed by atoms with Crippen LogP contribution in [0.4, 0.5) is 0 Å². The number of nitrogens with zero attached hydrogens (tertiary/aromatic N) is 1. The predicted molar refractivity (Wildman–Crippen MR) is 112 cm³/mol. The highest BCUT2D eigenvalue weighted by Crippen LogP contribution is 2.31. The van der Waals surface area contributed by atoms with E-state index in [2.05, 4.69) is 10.3 Å². The van der Waals surface area contributed by atoms with Crippen molar-refractivity contribution < 1.29 is 19.4 Å². The molecule has 0 spiro atoms. The maximum atomic E-state index is 12.8. The van der Waals surface area contributed by atoms with Crippen molar-refractivity contribution in [2.45, 2.75) is 50.9 Å². The summed E-state index contributed by atoms with van der Waals surface area (Å²) in [7, 11) is 1.61. The van der Waals surface area contributed by atoms with Crippen LogP contribution < -0.4 is 10.1 Å². The fourth-order valence-electron chi connectivity index (χ4n) is 3.50. The zero-order chi connectivity index (χ0) is 20.8. The number of rotatable bonds is 7. The summed E-state index contributed by atoms with van der Waals surface area (Å²) in [4.78, 5) is 17.2. The Kier molecular flexibility index (Phi) is 7.47. The minimum atomic E-state index is -0.506. The van der Waals surface area contributed by atoms with Crippen LogP contribution in [0, 0.1) is 0 Å². The molecule has 1 fully saturated rings. The third-order valence-electron chi connectivity index (χ3n) is 5.03. The Morgan fingerprint density at radius 1 is 1.31 bits per heavy atom. The lowest BCUT2D eigenvalue weighted by Gasteiger charge is -2.28. The second-order valence-corrected chi connectivity index (χ2v) is 7.84. The van der Waals surface area contributed by atoms with Crippen molar-refractivity contribution in [2.75, 3.05) is 13.7 Å². The zero-order valence-electron chi connectivity index (χ0n) is 16.7. The summed E-state index contributed by atoms with van der Waals surface area (Å²) in [6.45, 7) is 2.31. The fraction of sp³-hybridized carbons (Fsp3) is 0.455. The lowest BCUT2D eigenvalue weighted by Crippen LogP contribution is -2.45. The molecule has 0 saturated heterocycles. The van der Waals surface area contributed by atoms with E-state index < -0.39 is 6.10 Å². The summed E-state index contributed by atoms with van der Waals surface area (Å²) >= 11 is 6.02. The van der Waals surface area contributed by atoms with Gasteiger partial charge in [0.1, 0.15) is 6.10 Å². The molecule has 1 saturated carbocycles. The van der Waals surface area contributed by atoms with Crippen molar-refractivity contribution in [2.24, 2.45) is 0 Å². The van der Waals surface area contributed by atoms with E-state index in [0.717, 1.165) is 24.8 Å². The number of carbonyl (C=O) groups excluding carboxylic acids is 1. The normalized spacial score (nSPS) is 20.1. The minimum absolute atomic E-state index is 0.199. The number of carbonyl (C=O) groups is 1. The molecule has 1 aromatic carbocycles. The van der Waals surface area contributed by atoms with Gasteiger partial charge in [0.15, 0.2) is 0 Å². The van der Waals surface area contributed by atoms with Crippen molar-refractivity contribution in [1.82, 2.24) is 10.3 Å². The molecule has 3 atom stereocenters. The Morgan fingerprint density at radius 3 is 2.72 bits per heavy atom. The first-order valence-corrected chi connectivity index (χ1v) is 10.3. The molecule has 0 radical (unpaired) electrons. The van der Waals surface area contributed by atoms with Crippen molar-refractivity contribution >= 4 is 17.5 Å². The molecule has 1 aromatic heterocycles. The van der Waals surface area contributed by atoms with E-state index in [-0.39, 0.29) is 18.1 Å². The van der Waals surface area contributed by atoms with Crippen molar-refractivity contribution in [3.05, 3.63) is 47.1 Å². The number of halogens is 1. The third kappa shape index (κ3) is 5.69. The van der Waals surface area contributed by atoms with E-state index in [1.54, 1.807) is 25.3 Å². The van der Waals surface area contributed by atoms with E-state index in [9.17, 15) is 9.90 Å². The Morgan fingerprint density at radius 2 is 2.03 bits per heavy atom. The van der Waals surface area contributed by atoms with E-state index >= 15 is 0 Å². The number of aromatic nitrogens is 1. The predicted octanol–water partition coefficient (Wildman–Crippen LogP) is 3.85. The van der Waals surface area contributed by atoms with Crippen LogP contribution in [0.5, 0.6) is 5.88 Å². The zero-order valence-corrected chi connectivity index (χ0v) is 17.5. The Bertz CT molecular complexity index is 828. The summed E-state index contributed by atoms with van der Waals surface area (Å²) in [6, 6.07) is 8.82. The number of aliphatic hydroxyl groups excluding tert-OH is 1. The molecule has 3 rings (SSSR count). The highest BCUT2D eigenvalue weighted by Gasteiger charge is 2.25. The largest absolute Gasteiger partial charge is 0.472 e. The second-order valence-electron chi connectivity index (χ2n) is 7.40. The van der Waals surface area contributed by atoms with Crippen LogP contribution in [0.3, 0.4) is 0 Å². The van der Waals surface area contributed by atoms with Crippen LogP contribution in [0.2, 0.25) is 5.02 Å². The third-order valence-corrected chi connectivity index (χ3v) is 5.28. The molecule has 0 aliphatic heterocycles. The average molecular weight is 419 g/mol. The summed E-state index contributed by atoms with van der Waals surface area (Å²) in [5.74, 6) is 0.168. The number of hydrogen-bond acceptors (Lipinski definition) is 5. The number of benzene rings is 1. The Balaban J connectivity index is 1.87. The molecule has 2 N–H and O–H groups in total. The molecule has 1 amide bonds. The Labute approximate surface area is 176 Å². The quantitative estimate of drug-likeness (QED) is 0.713. The lowest BCUT2D eigenvalue weighted by molar-refractivity contribution is 0.0716. The van der Waals surface area contributed by atoms with Gasteiger partial charge >= 0.3 is 0 Å². The van der Waals surface area contributed by atoms with E-state index in [1.165, 1.54) is 6.20 Å². The first kappa shape index (κ1) is 21.6. The molecule has 156 valence electrons. The van der Waals surface area contributed by atoms with Crippen LogP contribution >= 0.6 is 11.6 Å². The van der Waals surface area contributed by atoms with Gasteiger partial charge in [-0.1, -0.05) is 36.6 Å². The molecule has 1 heterocycles. The molecule has 1 aliphatic carbocycles. The molecule has 1 aliphatic rings. The number of nitrogens with one attached hydrogen (secondary N) is 1. The molecule has 0 bridgehead atoms. The summed E-state index contributed by atoms with van der Waals surface area (Å²) in [5.41, 5.74) is 1.95. The molecule has 6 nitrogen and oxygen atoms in total. The number of methoxy groups -OCH3 is 1. The van der Waals surface area contributed by atoms with Gasteiger partial charge in [0.25, 0.3) is 5.91 Å². The monoisotopic (exact) mass is 418 g/mol. The van der Waals surface area contributed by atoms with Gasteiger partial charge in [-0.05, 0) is 43.5 Å². The molecule has 2 aromatic rings. The maximum absolute atomic E-state index is 12.8. The lowest BCUT2D eigenvalue weighted by atomic mass is 9.92. The summed E-state index contributed by atoms with van der Waals surface area (Å²) in [6.07, 6.45) is 4.27. The van der Waals surface area contributed by atoms with Gasteiger partial charge in [0.05, 0.1) is 24.3 Å². The van der Waals surface area contributed by atoms with Crippen LogP contribution in [0.15, 0.2) is 36.5 Å². The molecular formula is C22H27ClN2O4. The van der Waals surface area contributed by atoms with Gasteiger partial charge in [-0.25, -0.2) is 4.98 Å². The second kappa shape index (κ2) is 10.1. The first-order chi connectivity index (χ1) is 14.0. The van der Waals surface area contributed by atoms with Crippen molar-refractivity contribution in [3.8, 4) is 17.0 Å². The van der Waals surface area contributed by atoms with E-state index in [0.29, 0.717) is 35.1 Å².